The van der Waals surface area contributed by atoms with E-state index >= 15 is 0 Å². The van der Waals surface area contributed by atoms with Crippen molar-refractivity contribution in [1.29, 1.82) is 0 Å². The predicted molar refractivity (Wildman–Crippen MR) is 84.1 cm³/mol. The number of rotatable bonds is 5. The molecule has 0 aliphatic rings. The Morgan fingerprint density at radius 3 is 2.65 bits per heavy atom. The first-order chi connectivity index (χ1) is 9.58. The summed E-state index contributed by atoms with van der Waals surface area (Å²) in [4.78, 5) is 0.698. The zero-order valence-electron chi connectivity index (χ0n) is 10.8. The van der Waals surface area contributed by atoms with Crippen LogP contribution in [0.15, 0.2) is 29.6 Å². The number of hydrogen-bond donors (Lipinski definition) is 2. The minimum atomic E-state index is -0.792. The van der Waals surface area contributed by atoms with Gasteiger partial charge in [0, 0.05) is 23.0 Å². The molecule has 0 radical (unpaired) electrons. The Morgan fingerprint density at radius 2 is 2.10 bits per heavy atom. The van der Waals surface area contributed by atoms with Crippen LogP contribution in [0.5, 0.6) is 5.75 Å². The number of aliphatic hydroxyl groups is 1. The van der Waals surface area contributed by atoms with Gasteiger partial charge in [-0.05, 0) is 29.6 Å². The second-order valence-corrected chi connectivity index (χ2v) is 6.10. The first-order valence-corrected chi connectivity index (χ1v) is 7.66. The molecule has 0 amide bonds. The van der Waals surface area contributed by atoms with E-state index in [4.69, 9.17) is 33.7 Å². The highest BCUT2D eigenvalue weighted by Crippen LogP contribution is 2.40. The lowest BCUT2D eigenvalue weighted by atomic mass is 9.91. The molecule has 1 aromatic heterocycles. The molecule has 3 nitrogen and oxygen atoms in total. The predicted octanol–water partition coefficient (Wildman–Crippen LogP) is 3.84. The summed E-state index contributed by atoms with van der Waals surface area (Å²) in [5, 5.41) is 13.5. The van der Waals surface area contributed by atoms with Gasteiger partial charge in [0.15, 0.2) is 0 Å². The van der Waals surface area contributed by atoms with Gasteiger partial charge in [0.1, 0.15) is 5.75 Å². The van der Waals surface area contributed by atoms with Gasteiger partial charge in [-0.15, -0.1) is 11.3 Å². The lowest BCUT2D eigenvalue weighted by Crippen LogP contribution is -2.20. The summed E-state index contributed by atoms with van der Waals surface area (Å²) < 4.78 is 5.33. The maximum atomic E-state index is 10.6. The van der Waals surface area contributed by atoms with Crippen LogP contribution in [-0.2, 0) is 0 Å². The molecule has 6 heteroatoms. The number of benzene rings is 1. The molecule has 20 heavy (non-hydrogen) atoms. The van der Waals surface area contributed by atoms with E-state index in [0.717, 1.165) is 5.56 Å². The van der Waals surface area contributed by atoms with E-state index in [2.05, 4.69) is 0 Å². The number of aliphatic hydroxyl groups excluding tert-OH is 1. The summed E-state index contributed by atoms with van der Waals surface area (Å²) in [5.41, 5.74) is 6.62. The molecule has 2 rings (SSSR count). The van der Waals surface area contributed by atoms with Gasteiger partial charge in [-0.25, -0.2) is 0 Å². The quantitative estimate of drug-likeness (QED) is 0.875. The van der Waals surface area contributed by atoms with E-state index in [0.29, 0.717) is 20.7 Å². The molecule has 3 N–H and O–H groups in total. The van der Waals surface area contributed by atoms with E-state index in [-0.39, 0.29) is 12.5 Å². The van der Waals surface area contributed by atoms with Crippen LogP contribution in [0, 0.1) is 0 Å². The highest BCUT2D eigenvalue weighted by molar-refractivity contribution is 7.10. The van der Waals surface area contributed by atoms with E-state index in [9.17, 15) is 5.11 Å². The summed E-state index contributed by atoms with van der Waals surface area (Å²) in [6.07, 6.45) is -0.792. The molecule has 1 heterocycles. The maximum Gasteiger partial charge on any atom is 0.122 e. The third-order valence-corrected chi connectivity index (χ3v) is 4.80. The Kier molecular flexibility index (Phi) is 5.29. The summed E-state index contributed by atoms with van der Waals surface area (Å²) in [6.45, 7) is 0.256. The monoisotopic (exact) mass is 331 g/mol. The van der Waals surface area contributed by atoms with Gasteiger partial charge in [0.05, 0.1) is 23.1 Å². The third-order valence-electron chi connectivity index (χ3n) is 3.14. The average Bonchev–Trinajstić information content (AvgIpc) is 2.86. The van der Waals surface area contributed by atoms with E-state index in [1.54, 1.807) is 31.4 Å². The number of hydrogen-bond acceptors (Lipinski definition) is 4. The van der Waals surface area contributed by atoms with Crippen LogP contribution in [0.2, 0.25) is 10.0 Å². The second kappa shape index (κ2) is 6.78. The van der Waals surface area contributed by atoms with Gasteiger partial charge < -0.3 is 15.6 Å². The van der Waals surface area contributed by atoms with Crippen LogP contribution < -0.4 is 10.5 Å². The number of methoxy groups -OCH3 is 1. The molecule has 0 spiro atoms. The molecular weight excluding hydrogens is 317 g/mol. The second-order valence-electron chi connectivity index (χ2n) is 4.31. The smallest absolute Gasteiger partial charge is 0.122 e. The maximum absolute atomic E-state index is 10.6. The third kappa shape index (κ3) is 3.10. The molecule has 0 bridgehead atoms. The van der Waals surface area contributed by atoms with Crippen LogP contribution in [0.25, 0.3) is 0 Å². The van der Waals surface area contributed by atoms with Crippen molar-refractivity contribution in [2.24, 2.45) is 5.73 Å². The van der Waals surface area contributed by atoms with Gasteiger partial charge >= 0.3 is 0 Å². The van der Waals surface area contributed by atoms with Gasteiger partial charge in [-0.1, -0.05) is 23.2 Å². The van der Waals surface area contributed by atoms with E-state index < -0.39 is 6.10 Å². The molecule has 0 aliphatic heterocycles. The van der Waals surface area contributed by atoms with Crippen LogP contribution in [0.4, 0.5) is 0 Å². The fraction of sp³-hybridized carbons (Fsp3) is 0.286. The van der Waals surface area contributed by atoms with Gasteiger partial charge in [0.25, 0.3) is 0 Å². The number of halogens is 2. The fourth-order valence-corrected chi connectivity index (χ4v) is 3.52. The largest absolute Gasteiger partial charge is 0.496 e. The van der Waals surface area contributed by atoms with Crippen molar-refractivity contribution in [3.63, 3.8) is 0 Å². The number of nitrogens with two attached hydrogens (primary N) is 1. The van der Waals surface area contributed by atoms with E-state index in [1.807, 2.05) is 5.38 Å². The summed E-state index contributed by atoms with van der Waals surface area (Å²) in [7, 11) is 1.57. The highest BCUT2D eigenvalue weighted by atomic mass is 35.5. The lowest BCUT2D eigenvalue weighted by molar-refractivity contribution is 0.149. The van der Waals surface area contributed by atoms with Crippen molar-refractivity contribution in [3.05, 3.63) is 50.1 Å². The zero-order valence-corrected chi connectivity index (χ0v) is 13.2. The Balaban J connectivity index is 2.42. The van der Waals surface area contributed by atoms with Gasteiger partial charge in [-0.2, -0.15) is 0 Å². The fourth-order valence-electron chi connectivity index (χ4n) is 2.12. The average molecular weight is 332 g/mol. The first-order valence-electron chi connectivity index (χ1n) is 6.03. The summed E-state index contributed by atoms with van der Waals surface area (Å²) in [5.74, 6) is 0.316. The van der Waals surface area contributed by atoms with Crippen molar-refractivity contribution >= 4 is 34.5 Å². The standard InChI is InChI=1S/C14H15Cl2NO2S/c1-19-12-3-2-8(15)6-9(12)10(7-17)13(18)14-11(16)4-5-20-14/h2-6,10,13,18H,7,17H2,1H3. The SMILES string of the molecule is COc1ccc(Cl)cc1C(CN)C(O)c1sccc1Cl. The van der Waals surface area contributed by atoms with Crippen molar-refractivity contribution < 1.29 is 9.84 Å². The molecule has 2 atom stereocenters. The molecule has 1 aromatic carbocycles. The summed E-state index contributed by atoms with van der Waals surface area (Å²) in [6, 6.07) is 7.03. The van der Waals surface area contributed by atoms with Crippen LogP contribution in [0.3, 0.4) is 0 Å². The topological polar surface area (TPSA) is 55.5 Å². The molecule has 2 unspecified atom stereocenters. The van der Waals surface area contributed by atoms with E-state index in [1.165, 1.54) is 11.3 Å². The molecule has 2 aromatic rings. The molecule has 0 saturated heterocycles. The Hall–Kier alpha value is -0.780. The molecule has 0 fully saturated rings. The van der Waals surface area contributed by atoms with Crippen LogP contribution >= 0.6 is 34.5 Å². The Bertz CT molecular complexity index is 588. The van der Waals surface area contributed by atoms with Gasteiger partial charge in [-0.3, -0.25) is 0 Å². The molecule has 0 aliphatic carbocycles. The molecular formula is C14H15Cl2NO2S. The van der Waals surface area contributed by atoms with Crippen LogP contribution in [-0.4, -0.2) is 18.8 Å². The Labute approximate surface area is 131 Å². The van der Waals surface area contributed by atoms with Crippen molar-refractivity contribution in [3.8, 4) is 5.75 Å². The van der Waals surface area contributed by atoms with Crippen molar-refractivity contribution in [2.45, 2.75) is 12.0 Å². The normalized spacial score (nSPS) is 14.1. The Morgan fingerprint density at radius 1 is 1.35 bits per heavy atom. The minimum Gasteiger partial charge on any atom is -0.496 e. The van der Waals surface area contributed by atoms with Crippen molar-refractivity contribution in [1.82, 2.24) is 0 Å². The lowest BCUT2D eigenvalue weighted by Gasteiger charge is -2.23. The van der Waals surface area contributed by atoms with Crippen LogP contribution in [0.1, 0.15) is 22.5 Å². The first kappa shape index (κ1) is 15.6. The van der Waals surface area contributed by atoms with Gasteiger partial charge in [0.2, 0.25) is 0 Å². The molecule has 0 saturated carbocycles. The summed E-state index contributed by atoms with van der Waals surface area (Å²) >= 11 is 13.5. The zero-order chi connectivity index (χ0) is 14.7. The molecule has 108 valence electrons. The minimum absolute atomic E-state index is 0.256. The van der Waals surface area contributed by atoms with Crippen molar-refractivity contribution in [2.75, 3.05) is 13.7 Å². The highest BCUT2D eigenvalue weighted by Gasteiger charge is 2.27. The number of ether oxygens (including phenoxy) is 1. The number of thiophene rings is 1.